The molecule has 130 valence electrons. The lowest BCUT2D eigenvalue weighted by atomic mass is 9.97. The Bertz CT molecular complexity index is 957. The highest BCUT2D eigenvalue weighted by Gasteiger charge is 2.23. The highest BCUT2D eigenvalue weighted by atomic mass is 19.1. The van der Waals surface area contributed by atoms with E-state index in [1.165, 1.54) is 12.1 Å². The van der Waals surface area contributed by atoms with Crippen molar-refractivity contribution in [3.8, 4) is 0 Å². The van der Waals surface area contributed by atoms with Crippen LogP contribution in [0.25, 0.3) is 11.1 Å². The van der Waals surface area contributed by atoms with Gasteiger partial charge in [0.1, 0.15) is 11.3 Å². The smallest absolute Gasteiger partial charge is 0.298 e. The molecule has 0 atom stereocenters. The molecule has 2 aromatic heterocycles. The zero-order chi connectivity index (χ0) is 17.4. The van der Waals surface area contributed by atoms with E-state index in [-0.39, 0.29) is 11.4 Å². The highest BCUT2D eigenvalue weighted by molar-refractivity contribution is 5.74. The van der Waals surface area contributed by atoms with Gasteiger partial charge in [-0.1, -0.05) is 0 Å². The quantitative estimate of drug-likeness (QED) is 0.732. The van der Waals surface area contributed by atoms with Crippen molar-refractivity contribution < 1.29 is 8.81 Å². The van der Waals surface area contributed by atoms with Gasteiger partial charge in [-0.2, -0.15) is 4.98 Å². The molecule has 1 fully saturated rings. The summed E-state index contributed by atoms with van der Waals surface area (Å²) < 4.78 is 20.7. The van der Waals surface area contributed by atoms with Gasteiger partial charge in [0.15, 0.2) is 5.58 Å². The third-order valence-corrected chi connectivity index (χ3v) is 4.75. The summed E-state index contributed by atoms with van der Waals surface area (Å²) in [5.41, 5.74) is 1.82. The summed E-state index contributed by atoms with van der Waals surface area (Å²) in [4.78, 5) is 22.7. The average Bonchev–Trinajstić information content (AvgIpc) is 3.03. The summed E-state index contributed by atoms with van der Waals surface area (Å²) in [7, 11) is 0. The third kappa shape index (κ3) is 3.14. The van der Waals surface area contributed by atoms with Gasteiger partial charge in [0.25, 0.3) is 11.6 Å². The Morgan fingerprint density at radius 2 is 2.12 bits per heavy atom. The van der Waals surface area contributed by atoms with E-state index < -0.39 is 0 Å². The monoisotopic (exact) mass is 342 g/mol. The lowest BCUT2D eigenvalue weighted by molar-refractivity contribution is 0.342. The predicted molar refractivity (Wildman–Crippen MR) is 92.1 cm³/mol. The molecular formula is C18H19FN4O2. The number of piperidine rings is 1. The number of rotatable bonds is 3. The maximum Gasteiger partial charge on any atom is 0.298 e. The van der Waals surface area contributed by atoms with Crippen molar-refractivity contribution in [3.63, 3.8) is 0 Å². The van der Waals surface area contributed by atoms with E-state index in [0.717, 1.165) is 25.9 Å². The Labute approximate surface area is 143 Å². The molecule has 0 spiro atoms. The minimum atomic E-state index is -0.316. The van der Waals surface area contributed by atoms with Crippen molar-refractivity contribution in [3.05, 3.63) is 52.5 Å². The maximum atomic E-state index is 13.3. The van der Waals surface area contributed by atoms with Crippen LogP contribution in [0.1, 0.15) is 18.4 Å². The number of aromatic nitrogens is 3. The first-order chi connectivity index (χ1) is 12.1. The number of hydrogen-bond acceptors (Lipinski definition) is 5. The van der Waals surface area contributed by atoms with Crippen LogP contribution in [0.5, 0.6) is 0 Å². The first-order valence-corrected chi connectivity index (χ1v) is 8.42. The minimum absolute atomic E-state index is 0.0263. The molecule has 0 saturated carbocycles. The van der Waals surface area contributed by atoms with Crippen molar-refractivity contribution in [2.45, 2.75) is 26.3 Å². The van der Waals surface area contributed by atoms with Gasteiger partial charge in [0.05, 0.1) is 6.33 Å². The molecule has 0 unspecified atom stereocenters. The van der Waals surface area contributed by atoms with Crippen molar-refractivity contribution in [2.75, 3.05) is 18.0 Å². The van der Waals surface area contributed by atoms with Crippen molar-refractivity contribution in [1.29, 1.82) is 0 Å². The number of benzene rings is 1. The molecule has 0 aliphatic carbocycles. The van der Waals surface area contributed by atoms with E-state index in [1.807, 2.05) is 0 Å². The molecule has 7 heteroatoms. The highest BCUT2D eigenvalue weighted by Crippen LogP contribution is 2.27. The molecule has 6 nitrogen and oxygen atoms in total. The van der Waals surface area contributed by atoms with Crippen molar-refractivity contribution in [2.24, 2.45) is 5.92 Å². The number of nitrogens with zero attached hydrogens (tertiary/aromatic N) is 4. The molecule has 0 radical (unpaired) electrons. The van der Waals surface area contributed by atoms with Crippen molar-refractivity contribution >= 4 is 17.1 Å². The molecule has 3 aromatic rings. The third-order valence-electron chi connectivity index (χ3n) is 4.75. The molecule has 0 N–H and O–H groups in total. The Morgan fingerprint density at radius 3 is 2.92 bits per heavy atom. The van der Waals surface area contributed by atoms with Gasteiger partial charge in [-0.25, -0.2) is 9.37 Å². The molecule has 4 rings (SSSR count). The number of anilines is 1. The lowest BCUT2D eigenvalue weighted by Crippen LogP contribution is -2.36. The fourth-order valence-corrected chi connectivity index (χ4v) is 3.30. The van der Waals surface area contributed by atoms with E-state index in [4.69, 9.17) is 4.42 Å². The number of hydrogen-bond donors (Lipinski definition) is 0. The molecule has 0 bridgehead atoms. The van der Waals surface area contributed by atoms with Gasteiger partial charge in [0.2, 0.25) is 0 Å². The second kappa shape index (κ2) is 6.31. The Morgan fingerprint density at radius 1 is 1.32 bits per heavy atom. The van der Waals surface area contributed by atoms with Crippen molar-refractivity contribution in [1.82, 2.24) is 14.5 Å². The van der Waals surface area contributed by atoms with Crippen LogP contribution in [0.4, 0.5) is 10.4 Å². The van der Waals surface area contributed by atoms with Crippen LogP contribution < -0.4 is 10.5 Å². The van der Waals surface area contributed by atoms with Gasteiger partial charge in [-0.05, 0) is 37.8 Å². The van der Waals surface area contributed by atoms with Gasteiger partial charge in [-0.3, -0.25) is 9.36 Å². The molecule has 1 aromatic carbocycles. The maximum absolute atomic E-state index is 13.3. The Balaban J connectivity index is 1.43. The first kappa shape index (κ1) is 15.8. The molecule has 1 aliphatic heterocycles. The van der Waals surface area contributed by atoms with Gasteiger partial charge in [-0.15, -0.1) is 0 Å². The Hall–Kier alpha value is -2.70. The first-order valence-electron chi connectivity index (χ1n) is 8.42. The van der Waals surface area contributed by atoms with Crippen LogP contribution in [0, 0.1) is 18.7 Å². The van der Waals surface area contributed by atoms with Crippen LogP contribution >= 0.6 is 0 Å². The van der Waals surface area contributed by atoms with Gasteiger partial charge < -0.3 is 9.32 Å². The number of halogens is 1. The van der Waals surface area contributed by atoms with Crippen LogP contribution in [0.15, 0.2) is 39.9 Å². The van der Waals surface area contributed by atoms with E-state index in [2.05, 4.69) is 14.9 Å². The summed E-state index contributed by atoms with van der Waals surface area (Å²) in [6.07, 6.45) is 5.08. The molecule has 0 amide bonds. The number of oxazole rings is 1. The lowest BCUT2D eigenvalue weighted by Gasteiger charge is -2.31. The fourth-order valence-electron chi connectivity index (χ4n) is 3.30. The molecule has 3 heterocycles. The molecule has 1 aliphatic rings. The van der Waals surface area contributed by atoms with E-state index >= 15 is 0 Å². The fraction of sp³-hybridized carbons (Fsp3) is 0.389. The average molecular weight is 342 g/mol. The second-order valence-electron chi connectivity index (χ2n) is 6.57. The SMILES string of the molecule is Cc1cncn(CC2CCN(c3nc4cc(F)ccc4o3)CC2)c1=O. The van der Waals surface area contributed by atoms with Crippen LogP contribution in [0.2, 0.25) is 0 Å². The minimum Gasteiger partial charge on any atom is -0.423 e. The standard InChI is InChI=1S/C18H19FN4O2/c1-12-9-20-11-23(17(12)24)10-13-4-6-22(7-5-13)18-21-15-8-14(19)2-3-16(15)25-18/h2-3,8-9,11,13H,4-7,10H2,1H3. The predicted octanol–water partition coefficient (Wildman–Crippen LogP) is 2.75. The second-order valence-corrected chi connectivity index (χ2v) is 6.57. The normalized spacial score (nSPS) is 15.8. The molecular weight excluding hydrogens is 323 g/mol. The van der Waals surface area contributed by atoms with Gasteiger partial charge in [0, 0.05) is 37.5 Å². The number of fused-ring (bicyclic) bond motifs is 1. The summed E-state index contributed by atoms with van der Waals surface area (Å²) in [5.74, 6) is 0.0997. The molecule has 25 heavy (non-hydrogen) atoms. The van der Waals surface area contributed by atoms with E-state index in [9.17, 15) is 9.18 Å². The van der Waals surface area contributed by atoms with E-state index in [1.54, 1.807) is 30.1 Å². The van der Waals surface area contributed by atoms with Crippen LogP contribution in [0.3, 0.4) is 0 Å². The summed E-state index contributed by atoms with van der Waals surface area (Å²) >= 11 is 0. The summed E-state index contributed by atoms with van der Waals surface area (Å²) in [5, 5.41) is 0. The Kier molecular flexibility index (Phi) is 3.99. The largest absolute Gasteiger partial charge is 0.423 e. The zero-order valence-corrected chi connectivity index (χ0v) is 14.0. The van der Waals surface area contributed by atoms with Gasteiger partial charge >= 0.3 is 0 Å². The number of aryl methyl sites for hydroxylation is 1. The van der Waals surface area contributed by atoms with E-state index in [0.29, 0.717) is 35.1 Å². The van der Waals surface area contributed by atoms with Crippen LogP contribution in [-0.2, 0) is 6.54 Å². The summed E-state index contributed by atoms with van der Waals surface area (Å²) in [6.45, 7) is 4.06. The van der Waals surface area contributed by atoms with Crippen LogP contribution in [-0.4, -0.2) is 27.6 Å². The zero-order valence-electron chi connectivity index (χ0n) is 14.0. The topological polar surface area (TPSA) is 64.2 Å². The summed E-state index contributed by atoms with van der Waals surface area (Å²) in [6, 6.07) is 4.89. The molecule has 1 saturated heterocycles.